The zero-order chi connectivity index (χ0) is 19.3. The van der Waals surface area contributed by atoms with Gasteiger partial charge in [-0.2, -0.15) is 0 Å². The molecule has 1 aromatic carbocycles. The maximum absolute atomic E-state index is 12.5. The predicted octanol–water partition coefficient (Wildman–Crippen LogP) is 3.21. The molecule has 0 fully saturated rings. The van der Waals surface area contributed by atoms with E-state index in [9.17, 15) is 9.59 Å². The molecular formula is C19H26N4O3. The molecule has 0 aliphatic heterocycles. The highest BCUT2D eigenvalue weighted by Gasteiger charge is 2.26. The number of ether oxygens (including phenoxy) is 1. The van der Waals surface area contributed by atoms with Crippen LogP contribution in [0.15, 0.2) is 36.9 Å². The molecule has 0 saturated carbocycles. The van der Waals surface area contributed by atoms with E-state index in [1.165, 1.54) is 7.11 Å². The molecule has 1 atom stereocenters. The third kappa shape index (κ3) is 5.08. The number of hydrogen-bond donors (Lipinski definition) is 2. The molecule has 2 N–H and O–H groups in total. The summed E-state index contributed by atoms with van der Waals surface area (Å²) in [5.74, 6) is -0.443. The number of carbonyl (C=O) groups excluding carboxylic acids is 2. The van der Waals surface area contributed by atoms with Crippen LogP contribution in [0.5, 0.6) is 0 Å². The van der Waals surface area contributed by atoms with Gasteiger partial charge in [-0.1, -0.05) is 26.8 Å². The van der Waals surface area contributed by atoms with Crippen LogP contribution in [0.25, 0.3) is 0 Å². The molecule has 0 spiro atoms. The van der Waals surface area contributed by atoms with E-state index >= 15 is 0 Å². The van der Waals surface area contributed by atoms with Gasteiger partial charge in [0, 0.05) is 24.6 Å². The number of benzene rings is 1. The summed E-state index contributed by atoms with van der Waals surface area (Å²) < 4.78 is 6.66. The fourth-order valence-corrected chi connectivity index (χ4v) is 2.46. The number of nitrogens with zero attached hydrogens (tertiary/aromatic N) is 2. The highest BCUT2D eigenvalue weighted by molar-refractivity contribution is 5.94. The fraction of sp³-hybridized carbons (Fsp3) is 0.421. The number of hydrogen-bond acceptors (Lipinski definition) is 4. The van der Waals surface area contributed by atoms with E-state index in [1.807, 2.05) is 17.7 Å². The van der Waals surface area contributed by atoms with Gasteiger partial charge < -0.3 is 19.9 Å². The number of anilines is 1. The van der Waals surface area contributed by atoms with Crippen molar-refractivity contribution in [2.24, 2.45) is 5.41 Å². The molecule has 0 aliphatic rings. The van der Waals surface area contributed by atoms with Crippen molar-refractivity contribution in [3.8, 4) is 0 Å². The molecule has 26 heavy (non-hydrogen) atoms. The highest BCUT2D eigenvalue weighted by atomic mass is 16.5. The van der Waals surface area contributed by atoms with Crippen molar-refractivity contribution in [1.82, 2.24) is 14.9 Å². The van der Waals surface area contributed by atoms with Crippen molar-refractivity contribution in [3.63, 3.8) is 0 Å². The summed E-state index contributed by atoms with van der Waals surface area (Å²) in [6.45, 7) is 8.68. The molecule has 0 radical (unpaired) electrons. The van der Waals surface area contributed by atoms with E-state index in [-0.39, 0.29) is 17.5 Å². The van der Waals surface area contributed by atoms with Crippen LogP contribution in [0, 0.1) is 12.3 Å². The van der Waals surface area contributed by atoms with Gasteiger partial charge in [0.05, 0.1) is 25.0 Å². The topological polar surface area (TPSA) is 85.2 Å². The first-order valence-electron chi connectivity index (χ1n) is 8.43. The minimum Gasteiger partial charge on any atom is -0.465 e. The molecule has 1 unspecified atom stereocenters. The second kappa shape index (κ2) is 8.03. The summed E-state index contributed by atoms with van der Waals surface area (Å²) >= 11 is 0. The number of esters is 1. The number of rotatable bonds is 5. The minimum absolute atomic E-state index is 0.110. The Morgan fingerprint density at radius 3 is 2.62 bits per heavy atom. The normalized spacial score (nSPS) is 12.3. The summed E-state index contributed by atoms with van der Waals surface area (Å²) in [5, 5.41) is 5.85. The Labute approximate surface area is 153 Å². The van der Waals surface area contributed by atoms with Crippen LogP contribution in [-0.2, 0) is 11.3 Å². The van der Waals surface area contributed by atoms with Crippen LogP contribution in [-0.4, -0.2) is 34.7 Å². The summed E-state index contributed by atoms with van der Waals surface area (Å²) in [5.41, 5.74) is 1.67. The number of aromatic nitrogens is 2. The molecule has 2 rings (SSSR count). The summed E-state index contributed by atoms with van der Waals surface area (Å²) in [4.78, 5) is 28.3. The molecule has 7 heteroatoms. The second-order valence-corrected chi connectivity index (χ2v) is 7.30. The average molecular weight is 358 g/mol. The molecule has 1 heterocycles. The van der Waals surface area contributed by atoms with Crippen molar-refractivity contribution < 1.29 is 14.3 Å². The molecule has 2 amide bonds. The maximum atomic E-state index is 12.5. The van der Waals surface area contributed by atoms with Gasteiger partial charge in [0.2, 0.25) is 0 Å². The van der Waals surface area contributed by atoms with E-state index in [4.69, 9.17) is 4.74 Å². The zero-order valence-electron chi connectivity index (χ0n) is 15.9. The van der Waals surface area contributed by atoms with E-state index in [0.29, 0.717) is 17.8 Å². The van der Waals surface area contributed by atoms with Crippen LogP contribution >= 0.6 is 0 Å². The van der Waals surface area contributed by atoms with Crippen LogP contribution in [0.3, 0.4) is 0 Å². The first kappa shape index (κ1) is 19.5. The van der Waals surface area contributed by atoms with E-state index < -0.39 is 5.97 Å². The van der Waals surface area contributed by atoms with E-state index in [2.05, 4.69) is 36.4 Å². The second-order valence-electron chi connectivity index (χ2n) is 7.30. The lowest BCUT2D eigenvalue weighted by molar-refractivity contribution is 0.0600. The SMILES string of the molecule is COC(=O)c1ccc(C)c(NC(=O)NC(Cn2ccnc2)C(C)(C)C)c1. The summed E-state index contributed by atoms with van der Waals surface area (Å²) in [6, 6.07) is 4.62. The number of nitrogens with one attached hydrogen (secondary N) is 2. The third-order valence-corrected chi connectivity index (χ3v) is 4.21. The highest BCUT2D eigenvalue weighted by Crippen LogP contribution is 2.22. The van der Waals surface area contributed by atoms with Gasteiger partial charge in [0.25, 0.3) is 0 Å². The van der Waals surface area contributed by atoms with Gasteiger partial charge in [-0.05, 0) is 30.0 Å². The Morgan fingerprint density at radius 1 is 1.31 bits per heavy atom. The quantitative estimate of drug-likeness (QED) is 0.804. The summed E-state index contributed by atoms with van der Waals surface area (Å²) in [7, 11) is 1.33. The lowest BCUT2D eigenvalue weighted by Gasteiger charge is -2.31. The van der Waals surface area contributed by atoms with Crippen molar-refractivity contribution in [2.45, 2.75) is 40.3 Å². The van der Waals surface area contributed by atoms with Crippen LogP contribution < -0.4 is 10.6 Å². The smallest absolute Gasteiger partial charge is 0.337 e. The molecule has 0 bridgehead atoms. The van der Waals surface area contributed by atoms with Gasteiger partial charge in [-0.25, -0.2) is 14.6 Å². The van der Waals surface area contributed by atoms with Crippen LogP contribution in [0.1, 0.15) is 36.7 Å². The number of imidazole rings is 1. The van der Waals surface area contributed by atoms with Crippen molar-refractivity contribution in [1.29, 1.82) is 0 Å². The molecule has 140 valence electrons. The van der Waals surface area contributed by atoms with Gasteiger partial charge in [0.15, 0.2) is 0 Å². The Bertz CT molecular complexity index is 764. The number of carbonyl (C=O) groups is 2. The Kier molecular flexibility index (Phi) is 6.02. The predicted molar refractivity (Wildman–Crippen MR) is 100 cm³/mol. The number of amides is 2. The first-order valence-corrected chi connectivity index (χ1v) is 8.43. The molecular weight excluding hydrogens is 332 g/mol. The van der Waals surface area contributed by atoms with E-state index in [0.717, 1.165) is 5.56 Å². The number of aryl methyl sites for hydroxylation is 1. The first-order chi connectivity index (χ1) is 12.2. The average Bonchev–Trinajstić information content (AvgIpc) is 3.08. The van der Waals surface area contributed by atoms with Crippen molar-refractivity contribution in [3.05, 3.63) is 48.0 Å². The summed E-state index contributed by atoms with van der Waals surface area (Å²) in [6.07, 6.45) is 5.30. The van der Waals surface area contributed by atoms with Crippen molar-refractivity contribution >= 4 is 17.7 Å². The Morgan fingerprint density at radius 2 is 2.04 bits per heavy atom. The molecule has 7 nitrogen and oxygen atoms in total. The molecule has 0 saturated heterocycles. The Hall–Kier alpha value is -2.83. The van der Waals surface area contributed by atoms with Gasteiger partial charge in [0.1, 0.15) is 0 Å². The Balaban J connectivity index is 2.11. The van der Waals surface area contributed by atoms with Gasteiger partial charge in [-0.15, -0.1) is 0 Å². The molecule has 0 aliphatic carbocycles. The van der Waals surface area contributed by atoms with Crippen LogP contribution in [0.4, 0.5) is 10.5 Å². The third-order valence-electron chi connectivity index (χ3n) is 4.21. The lowest BCUT2D eigenvalue weighted by Crippen LogP contribution is -2.47. The maximum Gasteiger partial charge on any atom is 0.337 e. The zero-order valence-corrected chi connectivity index (χ0v) is 15.9. The van der Waals surface area contributed by atoms with Crippen LogP contribution in [0.2, 0.25) is 0 Å². The number of urea groups is 1. The standard InChI is InChI=1S/C19H26N4O3/c1-13-6-7-14(17(24)26-5)10-15(13)21-18(25)22-16(19(2,3)4)11-23-9-8-20-12-23/h6-10,12,16H,11H2,1-5H3,(H2,21,22,25). The monoisotopic (exact) mass is 358 g/mol. The van der Waals surface area contributed by atoms with Gasteiger partial charge in [-0.3, -0.25) is 0 Å². The largest absolute Gasteiger partial charge is 0.465 e. The minimum atomic E-state index is -0.443. The van der Waals surface area contributed by atoms with E-state index in [1.54, 1.807) is 30.7 Å². The van der Waals surface area contributed by atoms with Crippen molar-refractivity contribution in [2.75, 3.05) is 12.4 Å². The molecule has 2 aromatic rings. The lowest BCUT2D eigenvalue weighted by atomic mass is 9.86. The fourth-order valence-electron chi connectivity index (χ4n) is 2.46. The molecule has 1 aromatic heterocycles. The number of methoxy groups -OCH3 is 1. The van der Waals surface area contributed by atoms with Gasteiger partial charge >= 0.3 is 12.0 Å².